The molecule has 2 aromatic rings. The molecule has 0 radical (unpaired) electrons. The first kappa shape index (κ1) is 14.9. The van der Waals surface area contributed by atoms with Gasteiger partial charge in [-0.05, 0) is 47.4 Å². The van der Waals surface area contributed by atoms with Crippen molar-refractivity contribution in [2.24, 2.45) is 0 Å². The van der Waals surface area contributed by atoms with Crippen molar-refractivity contribution in [1.82, 2.24) is 0 Å². The number of carboxylic acid groups (broad SMARTS) is 1. The molecule has 0 saturated heterocycles. The van der Waals surface area contributed by atoms with Gasteiger partial charge in [0.2, 0.25) is 0 Å². The molecule has 3 nitrogen and oxygen atoms in total. The fourth-order valence-electron chi connectivity index (χ4n) is 1.95. The molecular formula is C18H18O3. The number of hydrogen-bond acceptors (Lipinski definition) is 2. The molecule has 0 aliphatic rings. The van der Waals surface area contributed by atoms with Crippen LogP contribution in [0.3, 0.4) is 0 Å². The van der Waals surface area contributed by atoms with E-state index < -0.39 is 5.97 Å². The molecule has 0 aliphatic carbocycles. The molecule has 0 amide bonds. The number of carboxylic acids is 1. The van der Waals surface area contributed by atoms with E-state index >= 15 is 0 Å². The number of carbonyl (C=O) groups is 1. The van der Waals surface area contributed by atoms with Crippen LogP contribution in [0.4, 0.5) is 0 Å². The Balaban J connectivity index is 2.17. The smallest absolute Gasteiger partial charge is 0.328 e. The number of benzene rings is 2. The van der Waals surface area contributed by atoms with Crippen molar-refractivity contribution >= 4 is 12.0 Å². The van der Waals surface area contributed by atoms with E-state index in [-0.39, 0.29) is 0 Å². The molecule has 2 aromatic carbocycles. The molecule has 0 bridgehead atoms. The molecule has 21 heavy (non-hydrogen) atoms. The second-order valence-corrected chi connectivity index (χ2v) is 4.67. The number of hydrogen-bond donors (Lipinski definition) is 1. The fraction of sp³-hybridized carbons (Fsp3) is 0.167. The number of aliphatic carboxylic acids is 1. The minimum atomic E-state index is -0.946. The summed E-state index contributed by atoms with van der Waals surface area (Å²) >= 11 is 0. The normalized spacial score (nSPS) is 10.7. The Kier molecular flexibility index (Phi) is 5.16. The summed E-state index contributed by atoms with van der Waals surface area (Å²) in [5, 5.41) is 8.66. The molecule has 1 N–H and O–H groups in total. The lowest BCUT2D eigenvalue weighted by atomic mass is 10.0. The molecule has 0 fully saturated rings. The summed E-state index contributed by atoms with van der Waals surface area (Å²) in [5.41, 5.74) is 2.98. The van der Waals surface area contributed by atoms with Crippen LogP contribution in [0, 0.1) is 0 Å². The first-order chi connectivity index (χ1) is 10.2. The molecule has 0 aromatic heterocycles. The predicted octanol–water partition coefficient (Wildman–Crippen LogP) is 4.24. The van der Waals surface area contributed by atoms with Crippen LogP contribution in [0.5, 0.6) is 5.75 Å². The van der Waals surface area contributed by atoms with Gasteiger partial charge in [-0.25, -0.2) is 4.79 Å². The molecule has 0 saturated carbocycles. The second-order valence-electron chi connectivity index (χ2n) is 4.67. The topological polar surface area (TPSA) is 46.5 Å². The first-order valence-corrected chi connectivity index (χ1v) is 6.93. The summed E-state index contributed by atoms with van der Waals surface area (Å²) < 4.78 is 5.56. The lowest BCUT2D eigenvalue weighted by molar-refractivity contribution is -0.131. The predicted molar refractivity (Wildman–Crippen MR) is 84.3 cm³/mol. The highest BCUT2D eigenvalue weighted by atomic mass is 16.5. The van der Waals surface area contributed by atoms with Crippen molar-refractivity contribution in [2.45, 2.75) is 13.3 Å². The third-order valence-corrected chi connectivity index (χ3v) is 2.97. The molecule has 0 spiro atoms. The van der Waals surface area contributed by atoms with Gasteiger partial charge in [-0.15, -0.1) is 0 Å². The maximum absolute atomic E-state index is 10.6. The van der Waals surface area contributed by atoms with Gasteiger partial charge in [0, 0.05) is 6.08 Å². The minimum Gasteiger partial charge on any atom is -0.494 e. The lowest BCUT2D eigenvalue weighted by Crippen LogP contribution is -1.94. The summed E-state index contributed by atoms with van der Waals surface area (Å²) in [6, 6.07) is 15.7. The molecule has 3 heteroatoms. The van der Waals surface area contributed by atoms with Gasteiger partial charge in [0.1, 0.15) is 5.75 Å². The maximum atomic E-state index is 10.6. The van der Waals surface area contributed by atoms with Gasteiger partial charge in [-0.1, -0.05) is 37.3 Å². The largest absolute Gasteiger partial charge is 0.494 e. The van der Waals surface area contributed by atoms with E-state index in [1.807, 2.05) is 48.5 Å². The van der Waals surface area contributed by atoms with Crippen LogP contribution in [0.2, 0.25) is 0 Å². The van der Waals surface area contributed by atoms with Gasteiger partial charge in [0.15, 0.2) is 0 Å². The van der Waals surface area contributed by atoms with Crippen LogP contribution in [0.15, 0.2) is 54.6 Å². The Hall–Kier alpha value is -2.55. The Morgan fingerprint density at radius 2 is 1.90 bits per heavy atom. The van der Waals surface area contributed by atoms with Crippen LogP contribution >= 0.6 is 0 Å². The average molecular weight is 282 g/mol. The highest BCUT2D eigenvalue weighted by Gasteiger charge is 2.00. The van der Waals surface area contributed by atoms with Crippen LogP contribution in [0.1, 0.15) is 18.9 Å². The first-order valence-electron chi connectivity index (χ1n) is 6.93. The molecule has 0 heterocycles. The standard InChI is InChI=1S/C18H18O3/c1-2-12-21-17-9-7-15(8-10-17)16-5-3-4-14(13-16)6-11-18(19)20/h3-11,13H,2,12H2,1H3,(H,19,20)/b11-6+. The summed E-state index contributed by atoms with van der Waals surface area (Å²) in [6.07, 6.45) is 3.71. The Bertz CT molecular complexity index is 627. The minimum absolute atomic E-state index is 0.717. The van der Waals surface area contributed by atoms with Gasteiger partial charge in [0.05, 0.1) is 6.61 Å². The molecule has 0 aliphatic heterocycles. The monoisotopic (exact) mass is 282 g/mol. The highest BCUT2D eigenvalue weighted by Crippen LogP contribution is 2.23. The molecular weight excluding hydrogens is 264 g/mol. The van der Waals surface area contributed by atoms with Gasteiger partial charge < -0.3 is 9.84 Å². The van der Waals surface area contributed by atoms with Gasteiger partial charge in [-0.3, -0.25) is 0 Å². The zero-order valence-electron chi connectivity index (χ0n) is 12.0. The van der Waals surface area contributed by atoms with Crippen molar-refractivity contribution in [3.63, 3.8) is 0 Å². The Labute approximate surface area is 124 Å². The van der Waals surface area contributed by atoms with E-state index in [1.165, 1.54) is 0 Å². The molecule has 2 rings (SSSR count). The highest BCUT2D eigenvalue weighted by molar-refractivity contribution is 5.85. The van der Waals surface area contributed by atoms with Gasteiger partial charge in [-0.2, -0.15) is 0 Å². The van der Waals surface area contributed by atoms with E-state index in [2.05, 4.69) is 6.92 Å². The average Bonchev–Trinajstić information content (AvgIpc) is 2.52. The van der Waals surface area contributed by atoms with E-state index in [0.717, 1.165) is 41.5 Å². The molecule has 0 atom stereocenters. The number of rotatable bonds is 6. The zero-order chi connectivity index (χ0) is 15.1. The van der Waals surface area contributed by atoms with Crippen LogP contribution in [-0.4, -0.2) is 17.7 Å². The van der Waals surface area contributed by atoms with Crippen molar-refractivity contribution in [3.05, 3.63) is 60.2 Å². The van der Waals surface area contributed by atoms with E-state index in [1.54, 1.807) is 6.08 Å². The lowest BCUT2D eigenvalue weighted by Gasteiger charge is -2.07. The SMILES string of the molecule is CCCOc1ccc(-c2cccc(/C=C/C(=O)O)c2)cc1. The van der Waals surface area contributed by atoms with E-state index in [9.17, 15) is 4.79 Å². The summed E-state index contributed by atoms with van der Waals surface area (Å²) in [7, 11) is 0. The third kappa shape index (κ3) is 4.49. The van der Waals surface area contributed by atoms with Gasteiger partial charge >= 0.3 is 5.97 Å². The molecule has 0 unspecified atom stereocenters. The van der Waals surface area contributed by atoms with Crippen LogP contribution in [0.25, 0.3) is 17.2 Å². The van der Waals surface area contributed by atoms with Crippen molar-refractivity contribution in [1.29, 1.82) is 0 Å². The molecule has 108 valence electrons. The van der Waals surface area contributed by atoms with Crippen molar-refractivity contribution < 1.29 is 14.6 Å². The van der Waals surface area contributed by atoms with Crippen molar-refractivity contribution in [2.75, 3.05) is 6.61 Å². The maximum Gasteiger partial charge on any atom is 0.328 e. The Morgan fingerprint density at radius 1 is 1.14 bits per heavy atom. The van der Waals surface area contributed by atoms with Gasteiger partial charge in [0.25, 0.3) is 0 Å². The summed E-state index contributed by atoms with van der Waals surface area (Å²) in [4.78, 5) is 10.6. The third-order valence-electron chi connectivity index (χ3n) is 2.97. The zero-order valence-corrected chi connectivity index (χ0v) is 12.0. The van der Waals surface area contributed by atoms with E-state index in [0.29, 0.717) is 0 Å². The Morgan fingerprint density at radius 3 is 2.57 bits per heavy atom. The number of ether oxygens (including phenoxy) is 1. The van der Waals surface area contributed by atoms with Crippen molar-refractivity contribution in [3.8, 4) is 16.9 Å². The summed E-state index contributed by atoms with van der Waals surface area (Å²) in [6.45, 7) is 2.79. The summed E-state index contributed by atoms with van der Waals surface area (Å²) in [5.74, 6) is -0.0830. The quantitative estimate of drug-likeness (QED) is 0.806. The second kappa shape index (κ2) is 7.29. The van der Waals surface area contributed by atoms with Crippen LogP contribution in [-0.2, 0) is 4.79 Å². The van der Waals surface area contributed by atoms with Crippen LogP contribution < -0.4 is 4.74 Å². The fourth-order valence-corrected chi connectivity index (χ4v) is 1.95. The van der Waals surface area contributed by atoms with E-state index in [4.69, 9.17) is 9.84 Å².